The second-order valence-electron chi connectivity index (χ2n) is 8.68. The molecule has 0 saturated carbocycles. The van der Waals surface area contributed by atoms with Gasteiger partial charge in [-0.25, -0.2) is 8.42 Å². The molecule has 0 heterocycles. The Morgan fingerprint density at radius 2 is 1.56 bits per heavy atom. The van der Waals surface area contributed by atoms with Crippen LogP contribution in [0, 0.1) is 5.92 Å². The minimum atomic E-state index is -3.93. The highest BCUT2D eigenvalue weighted by Crippen LogP contribution is 2.29. The summed E-state index contributed by atoms with van der Waals surface area (Å²) in [5.74, 6) is -0.791. The van der Waals surface area contributed by atoms with Crippen LogP contribution in [-0.4, -0.2) is 50.5 Å². The smallest absolute Gasteiger partial charge is 0.244 e. The molecular formula is C24H29Cl4N3O4S. The standard InChI is InChI=1S/C24H29Cl4N3O4S/c1-5-22(24(33)29-12-15(2)3)30(13-19-20(27)7-6-8-21(19)28)23(32)14-31(36(4,34)35)18-10-16(25)9-17(26)11-18/h6-11,15,22H,5,12-14H2,1-4H3,(H,29,33)/t22-/m0/s1. The summed E-state index contributed by atoms with van der Waals surface area (Å²) in [6.45, 7) is 5.39. The maximum atomic E-state index is 13.7. The molecule has 0 aliphatic carbocycles. The molecule has 1 atom stereocenters. The third-order valence-corrected chi connectivity index (χ3v) is 7.56. The third kappa shape index (κ3) is 8.42. The average Bonchev–Trinajstić information content (AvgIpc) is 2.76. The summed E-state index contributed by atoms with van der Waals surface area (Å²) in [5.41, 5.74) is 0.567. The molecule has 0 bridgehead atoms. The Morgan fingerprint density at radius 1 is 1.00 bits per heavy atom. The summed E-state index contributed by atoms with van der Waals surface area (Å²) < 4.78 is 26.3. The molecule has 12 heteroatoms. The second kappa shape index (κ2) is 13.2. The van der Waals surface area contributed by atoms with Crippen molar-refractivity contribution in [3.63, 3.8) is 0 Å². The topological polar surface area (TPSA) is 86.8 Å². The zero-order chi connectivity index (χ0) is 27.2. The van der Waals surface area contributed by atoms with Gasteiger partial charge in [0.2, 0.25) is 21.8 Å². The molecule has 0 aliphatic rings. The van der Waals surface area contributed by atoms with E-state index >= 15 is 0 Å². The minimum absolute atomic E-state index is 0.0984. The third-order valence-electron chi connectivity index (χ3n) is 5.28. The molecule has 198 valence electrons. The van der Waals surface area contributed by atoms with Gasteiger partial charge in [-0.15, -0.1) is 0 Å². The highest BCUT2D eigenvalue weighted by Gasteiger charge is 2.32. The van der Waals surface area contributed by atoms with E-state index in [1.54, 1.807) is 25.1 Å². The number of carbonyl (C=O) groups excluding carboxylic acids is 2. The maximum absolute atomic E-state index is 13.7. The van der Waals surface area contributed by atoms with Crippen molar-refractivity contribution in [1.29, 1.82) is 0 Å². The largest absolute Gasteiger partial charge is 0.354 e. The average molecular weight is 597 g/mol. The van der Waals surface area contributed by atoms with Crippen LogP contribution in [0.15, 0.2) is 36.4 Å². The minimum Gasteiger partial charge on any atom is -0.354 e. The molecule has 0 unspecified atom stereocenters. The van der Waals surface area contributed by atoms with Crippen LogP contribution in [-0.2, 0) is 26.2 Å². The fraction of sp³-hybridized carbons (Fsp3) is 0.417. The summed E-state index contributed by atoms with van der Waals surface area (Å²) >= 11 is 24.9. The van der Waals surface area contributed by atoms with Gasteiger partial charge < -0.3 is 10.2 Å². The summed E-state index contributed by atoms with van der Waals surface area (Å²) in [6, 6.07) is 8.26. The molecular weight excluding hydrogens is 568 g/mol. The van der Waals surface area contributed by atoms with Gasteiger partial charge in [-0.05, 0) is 42.7 Å². The van der Waals surface area contributed by atoms with Crippen molar-refractivity contribution in [3.05, 3.63) is 62.1 Å². The number of benzene rings is 2. The number of amides is 2. The first kappa shape index (κ1) is 30.5. The normalized spacial score (nSPS) is 12.4. The van der Waals surface area contributed by atoms with E-state index in [0.29, 0.717) is 22.2 Å². The Balaban J connectivity index is 2.51. The molecule has 2 rings (SSSR count). The van der Waals surface area contributed by atoms with E-state index in [4.69, 9.17) is 46.4 Å². The van der Waals surface area contributed by atoms with E-state index in [9.17, 15) is 18.0 Å². The summed E-state index contributed by atoms with van der Waals surface area (Å²) in [4.78, 5) is 28.1. The van der Waals surface area contributed by atoms with Crippen LogP contribution in [0.5, 0.6) is 0 Å². The van der Waals surface area contributed by atoms with Gasteiger partial charge in [-0.2, -0.15) is 0 Å². The predicted octanol–water partition coefficient (Wildman–Crippen LogP) is 5.65. The lowest BCUT2D eigenvalue weighted by molar-refractivity contribution is -0.140. The van der Waals surface area contributed by atoms with E-state index < -0.39 is 28.5 Å². The number of hydrogen-bond donors (Lipinski definition) is 1. The predicted molar refractivity (Wildman–Crippen MR) is 148 cm³/mol. The molecule has 2 amide bonds. The molecule has 2 aromatic rings. The van der Waals surface area contributed by atoms with E-state index in [1.807, 2.05) is 13.8 Å². The first-order valence-corrected chi connectivity index (χ1v) is 14.5. The van der Waals surface area contributed by atoms with Crippen LogP contribution in [0.25, 0.3) is 0 Å². The van der Waals surface area contributed by atoms with Crippen LogP contribution in [0.1, 0.15) is 32.8 Å². The highest BCUT2D eigenvalue weighted by atomic mass is 35.5. The first-order chi connectivity index (χ1) is 16.7. The lowest BCUT2D eigenvalue weighted by Crippen LogP contribution is -2.52. The van der Waals surface area contributed by atoms with Gasteiger partial charge in [0.15, 0.2) is 0 Å². The fourth-order valence-corrected chi connectivity index (χ4v) is 5.36. The van der Waals surface area contributed by atoms with E-state index in [-0.39, 0.29) is 40.5 Å². The maximum Gasteiger partial charge on any atom is 0.244 e. The van der Waals surface area contributed by atoms with Crippen LogP contribution >= 0.6 is 46.4 Å². The van der Waals surface area contributed by atoms with Crippen molar-refractivity contribution in [1.82, 2.24) is 10.2 Å². The number of carbonyl (C=O) groups is 2. The van der Waals surface area contributed by atoms with Crippen molar-refractivity contribution in [3.8, 4) is 0 Å². The molecule has 7 nitrogen and oxygen atoms in total. The molecule has 36 heavy (non-hydrogen) atoms. The van der Waals surface area contributed by atoms with Crippen LogP contribution in [0.3, 0.4) is 0 Å². The van der Waals surface area contributed by atoms with E-state index in [1.165, 1.54) is 23.1 Å². The second-order valence-corrected chi connectivity index (χ2v) is 12.3. The number of rotatable bonds is 11. The Labute approximate surface area is 232 Å². The quantitative estimate of drug-likeness (QED) is 0.363. The summed E-state index contributed by atoms with van der Waals surface area (Å²) in [6.07, 6.45) is 1.25. The van der Waals surface area contributed by atoms with Gasteiger partial charge >= 0.3 is 0 Å². The van der Waals surface area contributed by atoms with Crippen molar-refractivity contribution in [2.75, 3.05) is 23.7 Å². The van der Waals surface area contributed by atoms with Gasteiger partial charge in [0.1, 0.15) is 12.6 Å². The molecule has 0 radical (unpaired) electrons. The first-order valence-electron chi connectivity index (χ1n) is 11.2. The van der Waals surface area contributed by atoms with Crippen molar-refractivity contribution in [2.24, 2.45) is 5.92 Å². The number of halogens is 4. The molecule has 0 aliphatic heterocycles. The Bertz CT molecular complexity index is 1170. The van der Waals surface area contributed by atoms with Crippen LogP contribution < -0.4 is 9.62 Å². The summed E-state index contributed by atoms with van der Waals surface area (Å²) in [5, 5.41) is 3.90. The molecule has 2 aromatic carbocycles. The number of nitrogens with one attached hydrogen (secondary N) is 1. The fourth-order valence-electron chi connectivity index (χ4n) is 3.49. The molecule has 0 saturated heterocycles. The van der Waals surface area contributed by atoms with Crippen molar-refractivity contribution in [2.45, 2.75) is 39.8 Å². The van der Waals surface area contributed by atoms with Gasteiger partial charge in [-0.1, -0.05) is 73.2 Å². The van der Waals surface area contributed by atoms with Crippen LogP contribution in [0.4, 0.5) is 5.69 Å². The highest BCUT2D eigenvalue weighted by molar-refractivity contribution is 7.92. The lowest BCUT2D eigenvalue weighted by atomic mass is 10.1. The van der Waals surface area contributed by atoms with E-state index in [2.05, 4.69) is 5.32 Å². The Morgan fingerprint density at radius 3 is 2.03 bits per heavy atom. The van der Waals surface area contributed by atoms with E-state index in [0.717, 1.165) is 10.6 Å². The molecule has 0 aromatic heterocycles. The van der Waals surface area contributed by atoms with Crippen LogP contribution in [0.2, 0.25) is 20.1 Å². The number of nitrogens with zero attached hydrogens (tertiary/aromatic N) is 2. The Kier molecular flexibility index (Phi) is 11.2. The molecule has 0 spiro atoms. The zero-order valence-corrected chi connectivity index (χ0v) is 24.2. The monoisotopic (exact) mass is 595 g/mol. The number of hydrogen-bond acceptors (Lipinski definition) is 4. The summed E-state index contributed by atoms with van der Waals surface area (Å²) in [7, 11) is -3.93. The van der Waals surface area contributed by atoms with Crippen molar-refractivity contribution < 1.29 is 18.0 Å². The van der Waals surface area contributed by atoms with Gasteiger partial charge in [0, 0.05) is 38.7 Å². The van der Waals surface area contributed by atoms with Gasteiger partial charge in [0.25, 0.3) is 0 Å². The Hall–Kier alpha value is -1.71. The van der Waals surface area contributed by atoms with Gasteiger partial charge in [0.05, 0.1) is 11.9 Å². The lowest BCUT2D eigenvalue weighted by Gasteiger charge is -2.33. The number of anilines is 1. The molecule has 0 fully saturated rings. The SMILES string of the molecule is CC[C@@H](C(=O)NCC(C)C)N(Cc1c(Cl)cccc1Cl)C(=O)CN(c1cc(Cl)cc(Cl)c1)S(C)(=O)=O. The molecule has 1 N–H and O–H groups in total. The zero-order valence-electron chi connectivity index (χ0n) is 20.4. The van der Waals surface area contributed by atoms with Crippen molar-refractivity contribution >= 4 is 73.9 Å². The van der Waals surface area contributed by atoms with Gasteiger partial charge in [-0.3, -0.25) is 13.9 Å². The number of sulfonamides is 1.